The predicted molar refractivity (Wildman–Crippen MR) is 48.9 cm³/mol. The quantitative estimate of drug-likeness (QED) is 0.593. The monoisotopic (exact) mass is 220 g/mol. The molecule has 6 nitrogen and oxygen atoms in total. The Balaban J connectivity index is 2.64. The summed E-state index contributed by atoms with van der Waals surface area (Å²) in [6, 6.07) is 0. The first kappa shape index (κ1) is 12.4. The molecule has 0 spiro atoms. The smallest absolute Gasteiger partial charge is 0.303 e. The average Bonchev–Trinajstić information content (AvgIpc) is 2.43. The topological polar surface area (TPSA) is 85.2 Å². The van der Waals surface area contributed by atoms with E-state index in [4.69, 9.17) is 19.3 Å². The molecule has 1 aliphatic heterocycles. The molecule has 0 saturated carbocycles. The summed E-state index contributed by atoms with van der Waals surface area (Å²) in [5, 5.41) is 18.2. The molecule has 1 fully saturated rings. The van der Waals surface area contributed by atoms with Crippen molar-refractivity contribution in [2.45, 2.75) is 37.9 Å². The van der Waals surface area contributed by atoms with Gasteiger partial charge in [-0.3, -0.25) is 4.79 Å². The highest BCUT2D eigenvalue weighted by atomic mass is 16.7. The predicted octanol–water partition coefficient (Wildman–Crippen LogP) is -0.967. The van der Waals surface area contributed by atoms with Gasteiger partial charge >= 0.3 is 5.97 Å². The van der Waals surface area contributed by atoms with Gasteiger partial charge in [0.05, 0.1) is 6.10 Å². The standard InChI is InChI=1S/C9H16O6/c1-5(11)14-8-7(13-2)6(3-4-10)15-9(8)12/h6-10,12H,3-4H2,1-2H3/t6-,7-,8-,9-/m1/s1. The van der Waals surface area contributed by atoms with E-state index in [1.165, 1.54) is 14.0 Å². The summed E-state index contributed by atoms with van der Waals surface area (Å²) in [4.78, 5) is 10.8. The number of esters is 1. The SMILES string of the molecule is CO[C@H]1[C@@H](OC(C)=O)[C@H](O)O[C@@H]1CCO. The molecule has 0 amide bonds. The number of carbonyl (C=O) groups excluding carboxylic acids is 1. The number of rotatable bonds is 4. The van der Waals surface area contributed by atoms with E-state index in [0.29, 0.717) is 6.42 Å². The zero-order valence-corrected chi connectivity index (χ0v) is 8.75. The van der Waals surface area contributed by atoms with Gasteiger partial charge in [0.25, 0.3) is 0 Å². The van der Waals surface area contributed by atoms with E-state index in [9.17, 15) is 9.90 Å². The van der Waals surface area contributed by atoms with E-state index in [1.807, 2.05) is 0 Å². The van der Waals surface area contributed by atoms with Crippen molar-refractivity contribution in [2.24, 2.45) is 0 Å². The van der Waals surface area contributed by atoms with Gasteiger partial charge in [-0.05, 0) is 6.42 Å². The van der Waals surface area contributed by atoms with Gasteiger partial charge in [-0.2, -0.15) is 0 Å². The van der Waals surface area contributed by atoms with Gasteiger partial charge in [0.15, 0.2) is 12.4 Å². The van der Waals surface area contributed by atoms with E-state index in [0.717, 1.165) is 0 Å². The maximum absolute atomic E-state index is 10.8. The lowest BCUT2D eigenvalue weighted by atomic mass is 10.1. The van der Waals surface area contributed by atoms with Crippen LogP contribution in [0.5, 0.6) is 0 Å². The molecule has 1 saturated heterocycles. The largest absolute Gasteiger partial charge is 0.454 e. The second kappa shape index (κ2) is 5.41. The van der Waals surface area contributed by atoms with Gasteiger partial charge in [-0.25, -0.2) is 0 Å². The second-order valence-electron chi connectivity index (χ2n) is 3.35. The van der Waals surface area contributed by atoms with Crippen LogP contribution in [0, 0.1) is 0 Å². The number of aliphatic hydroxyl groups is 2. The van der Waals surface area contributed by atoms with E-state index >= 15 is 0 Å². The normalized spacial score (nSPS) is 35.5. The average molecular weight is 220 g/mol. The lowest BCUT2D eigenvalue weighted by molar-refractivity contribution is -0.170. The Hall–Kier alpha value is -0.690. The summed E-state index contributed by atoms with van der Waals surface area (Å²) in [6.07, 6.45) is -2.71. The van der Waals surface area contributed by atoms with Crippen LogP contribution in [0.25, 0.3) is 0 Å². The minimum Gasteiger partial charge on any atom is -0.454 e. The molecule has 1 aliphatic rings. The van der Waals surface area contributed by atoms with Crippen LogP contribution in [0.15, 0.2) is 0 Å². The highest BCUT2D eigenvalue weighted by Crippen LogP contribution is 2.26. The molecule has 2 N–H and O–H groups in total. The maximum atomic E-state index is 10.8. The zero-order chi connectivity index (χ0) is 11.4. The third-order valence-corrected chi connectivity index (χ3v) is 2.27. The minimum absolute atomic E-state index is 0.0793. The molecule has 4 atom stereocenters. The van der Waals surface area contributed by atoms with Crippen molar-refractivity contribution >= 4 is 5.97 Å². The molecular formula is C9H16O6. The Kier molecular flexibility index (Phi) is 4.46. The van der Waals surface area contributed by atoms with Crippen LogP contribution >= 0.6 is 0 Å². The highest BCUT2D eigenvalue weighted by Gasteiger charge is 2.46. The number of hydrogen-bond donors (Lipinski definition) is 2. The van der Waals surface area contributed by atoms with Crippen molar-refractivity contribution in [1.29, 1.82) is 0 Å². The third-order valence-electron chi connectivity index (χ3n) is 2.27. The molecule has 0 unspecified atom stereocenters. The van der Waals surface area contributed by atoms with Crippen molar-refractivity contribution in [2.75, 3.05) is 13.7 Å². The fraction of sp³-hybridized carbons (Fsp3) is 0.889. The molecule has 15 heavy (non-hydrogen) atoms. The summed E-state index contributed by atoms with van der Waals surface area (Å²) in [5.74, 6) is -0.505. The summed E-state index contributed by atoms with van der Waals surface area (Å²) in [5.41, 5.74) is 0. The molecule has 0 aromatic heterocycles. The van der Waals surface area contributed by atoms with Gasteiger partial charge in [0.2, 0.25) is 0 Å². The van der Waals surface area contributed by atoms with Gasteiger partial charge in [-0.15, -0.1) is 0 Å². The Morgan fingerprint density at radius 2 is 2.13 bits per heavy atom. The first-order chi connectivity index (χ1) is 7.10. The summed E-state index contributed by atoms with van der Waals surface area (Å²) in [7, 11) is 1.44. The number of methoxy groups -OCH3 is 1. The van der Waals surface area contributed by atoms with E-state index < -0.39 is 30.6 Å². The Morgan fingerprint density at radius 3 is 2.60 bits per heavy atom. The van der Waals surface area contributed by atoms with E-state index in [2.05, 4.69) is 0 Å². The molecular weight excluding hydrogens is 204 g/mol. The number of hydrogen-bond acceptors (Lipinski definition) is 6. The second-order valence-corrected chi connectivity index (χ2v) is 3.35. The first-order valence-corrected chi connectivity index (χ1v) is 4.74. The van der Waals surface area contributed by atoms with Gasteiger partial charge in [-0.1, -0.05) is 0 Å². The van der Waals surface area contributed by atoms with Crippen LogP contribution in [0.3, 0.4) is 0 Å². The van der Waals surface area contributed by atoms with Crippen LogP contribution in [0.2, 0.25) is 0 Å². The Morgan fingerprint density at radius 1 is 1.47 bits per heavy atom. The van der Waals surface area contributed by atoms with Crippen molar-refractivity contribution in [3.63, 3.8) is 0 Å². The Labute approximate surface area is 87.7 Å². The van der Waals surface area contributed by atoms with Crippen molar-refractivity contribution in [3.05, 3.63) is 0 Å². The molecule has 88 valence electrons. The minimum atomic E-state index is -1.20. The molecule has 0 radical (unpaired) electrons. The fourth-order valence-corrected chi connectivity index (χ4v) is 1.67. The van der Waals surface area contributed by atoms with Crippen LogP contribution in [-0.4, -0.2) is 54.5 Å². The van der Waals surface area contributed by atoms with Crippen molar-refractivity contribution in [1.82, 2.24) is 0 Å². The first-order valence-electron chi connectivity index (χ1n) is 4.74. The summed E-state index contributed by atoms with van der Waals surface area (Å²) in [6.45, 7) is 1.17. The third kappa shape index (κ3) is 2.88. The number of aliphatic hydroxyl groups excluding tert-OH is 2. The van der Waals surface area contributed by atoms with Crippen LogP contribution in [-0.2, 0) is 19.0 Å². The van der Waals surface area contributed by atoms with Crippen molar-refractivity contribution < 1.29 is 29.2 Å². The number of ether oxygens (including phenoxy) is 3. The molecule has 0 aromatic rings. The molecule has 6 heteroatoms. The fourth-order valence-electron chi connectivity index (χ4n) is 1.67. The molecule has 1 rings (SSSR count). The molecule has 1 heterocycles. The zero-order valence-electron chi connectivity index (χ0n) is 8.75. The maximum Gasteiger partial charge on any atom is 0.303 e. The lowest BCUT2D eigenvalue weighted by Gasteiger charge is -2.20. The van der Waals surface area contributed by atoms with Crippen LogP contribution < -0.4 is 0 Å². The lowest BCUT2D eigenvalue weighted by Crippen LogP contribution is -2.38. The van der Waals surface area contributed by atoms with Gasteiger partial charge in [0.1, 0.15) is 6.10 Å². The Bertz CT molecular complexity index is 219. The van der Waals surface area contributed by atoms with Gasteiger partial charge in [0, 0.05) is 20.6 Å². The van der Waals surface area contributed by atoms with Crippen LogP contribution in [0.1, 0.15) is 13.3 Å². The van der Waals surface area contributed by atoms with E-state index in [-0.39, 0.29) is 6.61 Å². The number of carbonyl (C=O) groups is 1. The van der Waals surface area contributed by atoms with E-state index in [1.54, 1.807) is 0 Å². The van der Waals surface area contributed by atoms with Crippen LogP contribution in [0.4, 0.5) is 0 Å². The molecule has 0 bridgehead atoms. The summed E-state index contributed by atoms with van der Waals surface area (Å²) < 4.78 is 15.1. The van der Waals surface area contributed by atoms with Crippen molar-refractivity contribution in [3.8, 4) is 0 Å². The molecule has 0 aromatic carbocycles. The molecule has 0 aliphatic carbocycles. The van der Waals surface area contributed by atoms with Gasteiger partial charge < -0.3 is 24.4 Å². The summed E-state index contributed by atoms with van der Waals surface area (Å²) >= 11 is 0. The highest BCUT2D eigenvalue weighted by molar-refractivity contribution is 5.66.